The molecule has 0 fully saturated rings. The zero-order chi connectivity index (χ0) is 17.3. The highest BCUT2D eigenvalue weighted by Crippen LogP contribution is 2.22. The van der Waals surface area contributed by atoms with E-state index < -0.39 is 22.0 Å². The van der Waals surface area contributed by atoms with Gasteiger partial charge in [-0.15, -0.1) is 0 Å². The first kappa shape index (κ1) is 15.2. The van der Waals surface area contributed by atoms with Crippen molar-refractivity contribution in [2.24, 2.45) is 0 Å². The van der Waals surface area contributed by atoms with E-state index >= 15 is 0 Å². The van der Waals surface area contributed by atoms with E-state index in [1.54, 1.807) is 18.2 Å². The Bertz CT molecular complexity index is 1030. The molecule has 0 unspecified atom stereocenters. The van der Waals surface area contributed by atoms with Crippen molar-refractivity contribution in [2.75, 3.05) is 5.32 Å². The van der Waals surface area contributed by atoms with E-state index in [4.69, 9.17) is 0 Å². The number of aromatic carboxylic acids is 1. The molecule has 0 aliphatic rings. The number of carboxylic acid groups (broad SMARTS) is 1. The molecule has 2 heterocycles. The van der Waals surface area contributed by atoms with Crippen molar-refractivity contribution < 1.29 is 14.8 Å². The van der Waals surface area contributed by atoms with E-state index in [2.05, 4.69) is 10.3 Å². The number of pyridine rings is 1. The summed E-state index contributed by atoms with van der Waals surface area (Å²) >= 11 is 0. The number of carbonyl (C=O) groups is 1. The summed E-state index contributed by atoms with van der Waals surface area (Å²) in [5, 5.41) is 22.8. The number of hydrogen-bond acceptors (Lipinski definition) is 6. The van der Waals surface area contributed by atoms with Crippen molar-refractivity contribution in [3.63, 3.8) is 0 Å². The summed E-state index contributed by atoms with van der Waals surface area (Å²) in [4.78, 5) is 38.2. The maximum atomic E-state index is 12.4. The number of hydrogen-bond donors (Lipinski definition) is 2. The Kier molecular flexibility index (Phi) is 3.66. The molecule has 2 aromatic heterocycles. The van der Waals surface area contributed by atoms with Crippen LogP contribution in [0.25, 0.3) is 5.65 Å². The summed E-state index contributed by atoms with van der Waals surface area (Å²) in [5.41, 5.74) is -0.972. The largest absolute Gasteiger partial charge is 0.477 e. The van der Waals surface area contributed by atoms with Gasteiger partial charge in [0.05, 0.1) is 4.92 Å². The highest BCUT2D eigenvalue weighted by Gasteiger charge is 2.19. The molecule has 3 rings (SSSR count). The van der Waals surface area contributed by atoms with E-state index in [1.165, 1.54) is 30.5 Å². The molecule has 9 nitrogen and oxygen atoms in total. The smallest absolute Gasteiger partial charge is 0.345 e. The van der Waals surface area contributed by atoms with E-state index in [0.29, 0.717) is 0 Å². The number of fused-ring (bicyclic) bond motifs is 1. The second-order valence-electron chi connectivity index (χ2n) is 4.81. The van der Waals surface area contributed by atoms with Crippen LogP contribution < -0.4 is 10.9 Å². The number of nitro groups is 1. The third kappa shape index (κ3) is 2.65. The molecule has 0 radical (unpaired) electrons. The fraction of sp³-hybridized carbons (Fsp3) is 0. The lowest BCUT2D eigenvalue weighted by Crippen LogP contribution is -2.25. The van der Waals surface area contributed by atoms with Crippen LogP contribution >= 0.6 is 0 Å². The number of nitro benzene ring substituents is 1. The molecular weight excluding hydrogens is 316 g/mol. The molecule has 24 heavy (non-hydrogen) atoms. The molecule has 120 valence electrons. The van der Waals surface area contributed by atoms with Crippen LogP contribution in [0, 0.1) is 10.1 Å². The van der Waals surface area contributed by atoms with Gasteiger partial charge < -0.3 is 10.4 Å². The maximum Gasteiger partial charge on any atom is 0.345 e. The van der Waals surface area contributed by atoms with Gasteiger partial charge in [0.1, 0.15) is 5.65 Å². The van der Waals surface area contributed by atoms with Gasteiger partial charge in [-0.05, 0) is 18.2 Å². The van der Waals surface area contributed by atoms with Gasteiger partial charge in [0.25, 0.3) is 11.2 Å². The summed E-state index contributed by atoms with van der Waals surface area (Å²) in [6.45, 7) is 0. The van der Waals surface area contributed by atoms with Crippen LogP contribution in [0.4, 0.5) is 17.2 Å². The number of anilines is 2. The molecular formula is C15H10N4O5. The first-order chi connectivity index (χ1) is 11.5. The summed E-state index contributed by atoms with van der Waals surface area (Å²) in [6, 6.07) is 10.2. The number of rotatable bonds is 4. The number of carboxylic acids is 1. The first-order valence-corrected chi connectivity index (χ1v) is 6.73. The number of aromatic nitrogens is 2. The second kappa shape index (κ2) is 5.80. The highest BCUT2D eigenvalue weighted by molar-refractivity contribution is 5.94. The average molecular weight is 326 g/mol. The van der Waals surface area contributed by atoms with E-state index in [1.807, 2.05) is 0 Å². The van der Waals surface area contributed by atoms with Crippen LogP contribution in [0.15, 0.2) is 53.5 Å². The maximum absolute atomic E-state index is 12.4. The first-order valence-electron chi connectivity index (χ1n) is 6.73. The topological polar surface area (TPSA) is 127 Å². The Morgan fingerprint density at radius 1 is 1.25 bits per heavy atom. The van der Waals surface area contributed by atoms with E-state index in [-0.39, 0.29) is 22.8 Å². The Morgan fingerprint density at radius 2 is 2.04 bits per heavy atom. The normalized spacial score (nSPS) is 10.5. The van der Waals surface area contributed by atoms with Crippen LogP contribution in [0.3, 0.4) is 0 Å². The standard InChI is InChI=1S/C15H10N4O5/c20-14-12(15(21)22)13(17-11-6-1-2-7-18(11)14)16-9-4-3-5-10(8-9)19(23)24/h1-8,16H,(H,21,22). The molecule has 0 spiro atoms. The lowest BCUT2D eigenvalue weighted by atomic mass is 10.2. The fourth-order valence-corrected chi connectivity index (χ4v) is 2.21. The van der Waals surface area contributed by atoms with Crippen molar-refractivity contribution in [3.05, 3.63) is 74.7 Å². The molecule has 9 heteroatoms. The second-order valence-corrected chi connectivity index (χ2v) is 4.81. The molecule has 0 saturated carbocycles. The van der Waals surface area contributed by atoms with Gasteiger partial charge in [0.15, 0.2) is 11.4 Å². The number of nitrogens with one attached hydrogen (secondary N) is 1. The van der Waals surface area contributed by atoms with Crippen LogP contribution in [-0.2, 0) is 0 Å². The van der Waals surface area contributed by atoms with E-state index in [0.717, 1.165) is 4.40 Å². The Balaban J connectivity index is 2.17. The molecule has 0 amide bonds. The van der Waals surface area contributed by atoms with Crippen LogP contribution in [0.1, 0.15) is 10.4 Å². The van der Waals surface area contributed by atoms with Crippen LogP contribution in [0.5, 0.6) is 0 Å². The van der Waals surface area contributed by atoms with Crippen LogP contribution in [0.2, 0.25) is 0 Å². The van der Waals surface area contributed by atoms with Gasteiger partial charge in [0.2, 0.25) is 0 Å². The van der Waals surface area contributed by atoms with Crippen molar-refractivity contribution >= 4 is 28.8 Å². The van der Waals surface area contributed by atoms with E-state index in [9.17, 15) is 24.8 Å². The average Bonchev–Trinajstić information content (AvgIpc) is 2.55. The van der Waals surface area contributed by atoms with Crippen molar-refractivity contribution in [3.8, 4) is 0 Å². The summed E-state index contributed by atoms with van der Waals surface area (Å²) in [7, 11) is 0. The number of nitrogens with zero attached hydrogens (tertiary/aromatic N) is 3. The Hall–Kier alpha value is -3.75. The Morgan fingerprint density at radius 3 is 2.75 bits per heavy atom. The quantitative estimate of drug-likeness (QED) is 0.554. The molecule has 0 saturated heterocycles. The highest BCUT2D eigenvalue weighted by atomic mass is 16.6. The fourth-order valence-electron chi connectivity index (χ4n) is 2.21. The predicted octanol–water partition coefficient (Wildman–Crippen LogP) is 2.04. The van der Waals surface area contributed by atoms with Gasteiger partial charge in [-0.25, -0.2) is 9.78 Å². The molecule has 0 atom stereocenters. The SMILES string of the molecule is O=C(O)c1c(Nc2cccc([N+](=O)[O-])c2)nc2ccccn2c1=O. The zero-order valence-corrected chi connectivity index (χ0v) is 12.0. The number of non-ortho nitro benzene ring substituents is 1. The monoisotopic (exact) mass is 326 g/mol. The lowest BCUT2D eigenvalue weighted by Gasteiger charge is -2.10. The summed E-state index contributed by atoms with van der Waals surface area (Å²) in [5.74, 6) is -1.63. The number of benzene rings is 1. The molecule has 3 aromatic rings. The zero-order valence-electron chi connectivity index (χ0n) is 12.0. The van der Waals surface area contributed by atoms with Crippen molar-refractivity contribution in [1.29, 1.82) is 0 Å². The van der Waals surface area contributed by atoms with Gasteiger partial charge in [-0.1, -0.05) is 12.1 Å². The van der Waals surface area contributed by atoms with Crippen LogP contribution in [-0.4, -0.2) is 25.4 Å². The molecule has 0 aliphatic carbocycles. The van der Waals surface area contributed by atoms with Crippen molar-refractivity contribution in [2.45, 2.75) is 0 Å². The van der Waals surface area contributed by atoms with Gasteiger partial charge in [0, 0.05) is 24.0 Å². The lowest BCUT2D eigenvalue weighted by molar-refractivity contribution is -0.384. The minimum Gasteiger partial charge on any atom is -0.477 e. The third-order valence-electron chi connectivity index (χ3n) is 3.27. The molecule has 2 N–H and O–H groups in total. The predicted molar refractivity (Wildman–Crippen MR) is 84.8 cm³/mol. The minimum atomic E-state index is -1.45. The van der Waals surface area contributed by atoms with Gasteiger partial charge in [-0.2, -0.15) is 0 Å². The minimum absolute atomic E-state index is 0.172. The summed E-state index contributed by atoms with van der Waals surface area (Å²) < 4.78 is 1.11. The van der Waals surface area contributed by atoms with Gasteiger partial charge >= 0.3 is 5.97 Å². The Labute approximate surface area is 134 Å². The molecule has 0 aliphatic heterocycles. The molecule has 1 aromatic carbocycles. The third-order valence-corrected chi connectivity index (χ3v) is 3.27. The van der Waals surface area contributed by atoms with Gasteiger partial charge in [-0.3, -0.25) is 19.3 Å². The molecule has 0 bridgehead atoms. The van der Waals surface area contributed by atoms with Crippen molar-refractivity contribution in [1.82, 2.24) is 9.38 Å². The summed E-state index contributed by atoms with van der Waals surface area (Å²) in [6.07, 6.45) is 1.41.